The number of anilines is 1. The predicted octanol–water partition coefficient (Wildman–Crippen LogP) is 1.19. The Kier molecular flexibility index (Phi) is 4.82. The zero-order valence-corrected chi connectivity index (χ0v) is 12.3. The lowest BCUT2D eigenvalue weighted by molar-refractivity contribution is 0.282. The molecular formula is C14H26N4O. The van der Waals surface area contributed by atoms with Crippen molar-refractivity contribution in [3.63, 3.8) is 0 Å². The number of hydrogen-bond donors (Lipinski definition) is 2. The highest BCUT2D eigenvalue weighted by Gasteiger charge is 2.29. The van der Waals surface area contributed by atoms with Gasteiger partial charge in [-0.3, -0.25) is 4.68 Å². The van der Waals surface area contributed by atoms with Gasteiger partial charge in [0.05, 0.1) is 5.69 Å². The second-order valence-corrected chi connectivity index (χ2v) is 5.40. The van der Waals surface area contributed by atoms with E-state index in [1.165, 1.54) is 30.6 Å². The Morgan fingerprint density at radius 1 is 1.47 bits per heavy atom. The maximum Gasteiger partial charge on any atom is 0.131 e. The molecule has 0 radical (unpaired) electrons. The van der Waals surface area contributed by atoms with Crippen molar-refractivity contribution in [2.45, 2.75) is 45.2 Å². The summed E-state index contributed by atoms with van der Waals surface area (Å²) in [5.74, 6) is 1.23. The van der Waals surface area contributed by atoms with Crippen LogP contribution in [0.25, 0.3) is 0 Å². The standard InChI is InChI=1S/C14H26N4O/c1-11-13(10-15-2)14(17(3)16-11)18(8-5-9-19)12-6-4-7-12/h12,15,19H,4-10H2,1-3H3. The summed E-state index contributed by atoms with van der Waals surface area (Å²) >= 11 is 0. The number of aromatic nitrogens is 2. The summed E-state index contributed by atoms with van der Waals surface area (Å²) in [5.41, 5.74) is 2.38. The summed E-state index contributed by atoms with van der Waals surface area (Å²) in [5, 5.41) is 16.9. The maximum atomic E-state index is 9.12. The lowest BCUT2D eigenvalue weighted by atomic mass is 9.91. The molecule has 1 aromatic heterocycles. The van der Waals surface area contributed by atoms with E-state index in [0.29, 0.717) is 6.04 Å². The van der Waals surface area contributed by atoms with Gasteiger partial charge in [0.1, 0.15) is 5.82 Å². The van der Waals surface area contributed by atoms with Crippen molar-refractivity contribution in [1.82, 2.24) is 15.1 Å². The summed E-state index contributed by atoms with van der Waals surface area (Å²) in [6.07, 6.45) is 4.65. The fraction of sp³-hybridized carbons (Fsp3) is 0.786. The lowest BCUT2D eigenvalue weighted by Crippen LogP contribution is -2.42. The molecule has 108 valence electrons. The highest BCUT2D eigenvalue weighted by molar-refractivity contribution is 5.51. The SMILES string of the molecule is CNCc1c(C)nn(C)c1N(CCCO)C1CCC1. The summed E-state index contributed by atoms with van der Waals surface area (Å²) in [4.78, 5) is 2.45. The first kappa shape index (κ1) is 14.3. The number of aliphatic hydroxyl groups is 1. The second kappa shape index (κ2) is 6.39. The van der Waals surface area contributed by atoms with Crippen LogP contribution in [0.1, 0.15) is 36.9 Å². The molecule has 1 heterocycles. The third kappa shape index (κ3) is 2.92. The number of hydrogen-bond acceptors (Lipinski definition) is 4. The molecule has 2 rings (SSSR count). The van der Waals surface area contributed by atoms with E-state index < -0.39 is 0 Å². The van der Waals surface area contributed by atoms with Crippen molar-refractivity contribution in [2.75, 3.05) is 25.1 Å². The molecule has 0 aromatic carbocycles. The van der Waals surface area contributed by atoms with Crippen LogP contribution in [0.3, 0.4) is 0 Å². The normalized spacial score (nSPS) is 15.6. The Morgan fingerprint density at radius 3 is 2.74 bits per heavy atom. The summed E-state index contributed by atoms with van der Waals surface area (Å²) in [6.45, 7) is 4.08. The van der Waals surface area contributed by atoms with Crippen molar-refractivity contribution in [2.24, 2.45) is 7.05 Å². The Morgan fingerprint density at radius 2 is 2.21 bits per heavy atom. The van der Waals surface area contributed by atoms with Gasteiger partial charge in [0, 0.05) is 38.3 Å². The van der Waals surface area contributed by atoms with Gasteiger partial charge in [0.15, 0.2) is 0 Å². The third-order valence-corrected chi connectivity index (χ3v) is 4.01. The van der Waals surface area contributed by atoms with Crippen LogP contribution in [0.15, 0.2) is 0 Å². The van der Waals surface area contributed by atoms with Crippen LogP contribution in [0.5, 0.6) is 0 Å². The van der Waals surface area contributed by atoms with E-state index in [2.05, 4.69) is 22.2 Å². The molecule has 1 fully saturated rings. The van der Waals surface area contributed by atoms with Crippen LogP contribution in [-0.2, 0) is 13.6 Å². The third-order valence-electron chi connectivity index (χ3n) is 4.01. The van der Waals surface area contributed by atoms with E-state index >= 15 is 0 Å². The topological polar surface area (TPSA) is 53.3 Å². The second-order valence-electron chi connectivity index (χ2n) is 5.40. The maximum absolute atomic E-state index is 9.12. The van der Waals surface area contributed by atoms with Gasteiger partial charge < -0.3 is 15.3 Å². The van der Waals surface area contributed by atoms with E-state index in [1.807, 2.05) is 18.8 Å². The molecule has 0 bridgehead atoms. The minimum Gasteiger partial charge on any atom is -0.396 e. The average molecular weight is 266 g/mol. The molecule has 0 saturated heterocycles. The quantitative estimate of drug-likeness (QED) is 0.778. The number of aryl methyl sites for hydroxylation is 2. The molecule has 0 atom stereocenters. The van der Waals surface area contributed by atoms with Crippen molar-refractivity contribution in [1.29, 1.82) is 0 Å². The molecule has 1 aliphatic carbocycles. The highest BCUT2D eigenvalue weighted by atomic mass is 16.3. The molecular weight excluding hydrogens is 240 g/mol. The van der Waals surface area contributed by atoms with Crippen LogP contribution in [0, 0.1) is 6.92 Å². The summed E-state index contributed by atoms with van der Waals surface area (Å²) < 4.78 is 2.00. The first-order valence-electron chi connectivity index (χ1n) is 7.23. The van der Waals surface area contributed by atoms with E-state index in [1.54, 1.807) is 0 Å². The van der Waals surface area contributed by atoms with Gasteiger partial charge in [-0.05, 0) is 39.7 Å². The zero-order chi connectivity index (χ0) is 13.8. The van der Waals surface area contributed by atoms with Crippen molar-refractivity contribution >= 4 is 5.82 Å². The van der Waals surface area contributed by atoms with E-state index in [4.69, 9.17) is 5.11 Å². The molecule has 0 amide bonds. The van der Waals surface area contributed by atoms with Crippen molar-refractivity contribution < 1.29 is 5.11 Å². The van der Waals surface area contributed by atoms with Gasteiger partial charge in [-0.25, -0.2) is 0 Å². The van der Waals surface area contributed by atoms with Gasteiger partial charge >= 0.3 is 0 Å². The van der Waals surface area contributed by atoms with Crippen LogP contribution >= 0.6 is 0 Å². The molecule has 19 heavy (non-hydrogen) atoms. The van der Waals surface area contributed by atoms with Crippen molar-refractivity contribution in [3.05, 3.63) is 11.3 Å². The molecule has 1 aliphatic rings. The molecule has 0 aliphatic heterocycles. The average Bonchev–Trinajstić information content (AvgIpc) is 2.58. The van der Waals surface area contributed by atoms with E-state index in [0.717, 1.165) is 25.2 Å². The van der Waals surface area contributed by atoms with Crippen LogP contribution in [0.4, 0.5) is 5.82 Å². The molecule has 1 aromatic rings. The van der Waals surface area contributed by atoms with Crippen LogP contribution in [-0.4, -0.2) is 41.1 Å². The van der Waals surface area contributed by atoms with Gasteiger partial charge in [-0.2, -0.15) is 5.10 Å². The highest BCUT2D eigenvalue weighted by Crippen LogP contribution is 2.32. The Balaban J connectivity index is 2.28. The van der Waals surface area contributed by atoms with Crippen LogP contribution < -0.4 is 10.2 Å². The molecule has 5 nitrogen and oxygen atoms in total. The fourth-order valence-corrected chi connectivity index (χ4v) is 2.83. The fourth-order valence-electron chi connectivity index (χ4n) is 2.83. The van der Waals surface area contributed by atoms with Crippen LogP contribution in [0.2, 0.25) is 0 Å². The Labute approximate surface area is 115 Å². The smallest absolute Gasteiger partial charge is 0.131 e. The molecule has 5 heteroatoms. The number of rotatable bonds is 7. The zero-order valence-electron chi connectivity index (χ0n) is 12.3. The van der Waals surface area contributed by atoms with Gasteiger partial charge in [0.2, 0.25) is 0 Å². The van der Waals surface area contributed by atoms with Crippen molar-refractivity contribution in [3.8, 4) is 0 Å². The molecule has 2 N–H and O–H groups in total. The minimum absolute atomic E-state index is 0.251. The first-order chi connectivity index (χ1) is 9.19. The number of aliphatic hydroxyl groups excluding tert-OH is 1. The van der Waals surface area contributed by atoms with Gasteiger partial charge in [0.25, 0.3) is 0 Å². The molecule has 0 spiro atoms. The molecule has 1 saturated carbocycles. The van der Waals surface area contributed by atoms with Gasteiger partial charge in [-0.15, -0.1) is 0 Å². The monoisotopic (exact) mass is 266 g/mol. The molecule has 0 unspecified atom stereocenters. The lowest BCUT2D eigenvalue weighted by Gasteiger charge is -2.39. The predicted molar refractivity (Wildman–Crippen MR) is 77.4 cm³/mol. The number of nitrogens with one attached hydrogen (secondary N) is 1. The van der Waals surface area contributed by atoms with E-state index in [-0.39, 0.29) is 6.61 Å². The summed E-state index contributed by atoms with van der Waals surface area (Å²) in [6, 6.07) is 0.622. The Bertz CT molecular complexity index is 412. The van der Waals surface area contributed by atoms with E-state index in [9.17, 15) is 0 Å². The summed E-state index contributed by atoms with van der Waals surface area (Å²) in [7, 11) is 3.99. The first-order valence-corrected chi connectivity index (χ1v) is 7.23. The van der Waals surface area contributed by atoms with Gasteiger partial charge in [-0.1, -0.05) is 0 Å². The minimum atomic E-state index is 0.251. The largest absolute Gasteiger partial charge is 0.396 e. The number of nitrogens with zero attached hydrogens (tertiary/aromatic N) is 3. The Hall–Kier alpha value is -1.07.